The fourth-order valence-corrected chi connectivity index (χ4v) is 1.48. The van der Waals surface area contributed by atoms with Crippen molar-refractivity contribution in [1.82, 2.24) is 15.6 Å². The molecule has 0 radical (unpaired) electrons. The van der Waals surface area contributed by atoms with Crippen LogP contribution in [-0.2, 0) is 11.3 Å². The topological polar surface area (TPSA) is 66.2 Å². The minimum Gasteiger partial charge on any atom is -0.444 e. The Kier molecular flexibility index (Phi) is 5.00. The number of aromatic nitrogens is 1. The van der Waals surface area contributed by atoms with Crippen molar-refractivity contribution < 1.29 is 9.53 Å². The number of H-pyrrole nitrogens is 1. The second-order valence-electron chi connectivity index (χ2n) is 6.31. The molecule has 0 fully saturated rings. The van der Waals surface area contributed by atoms with Crippen molar-refractivity contribution in [3.05, 3.63) is 24.0 Å². The molecular formula is C14H25N3O2. The lowest BCUT2D eigenvalue weighted by Crippen LogP contribution is -2.49. The van der Waals surface area contributed by atoms with Crippen LogP contribution in [0.2, 0.25) is 0 Å². The van der Waals surface area contributed by atoms with E-state index in [9.17, 15) is 4.79 Å². The Morgan fingerprint density at radius 3 is 2.53 bits per heavy atom. The fourth-order valence-electron chi connectivity index (χ4n) is 1.48. The largest absolute Gasteiger partial charge is 0.444 e. The third-order valence-corrected chi connectivity index (χ3v) is 2.51. The van der Waals surface area contributed by atoms with E-state index in [2.05, 4.69) is 15.6 Å². The Morgan fingerprint density at radius 2 is 2.00 bits per heavy atom. The average Bonchev–Trinajstić information content (AvgIpc) is 2.74. The molecule has 1 aromatic rings. The van der Waals surface area contributed by atoms with Crippen molar-refractivity contribution in [2.45, 2.75) is 52.3 Å². The zero-order valence-electron chi connectivity index (χ0n) is 12.5. The molecule has 1 heterocycles. The van der Waals surface area contributed by atoms with Crippen molar-refractivity contribution in [3.63, 3.8) is 0 Å². The number of ether oxygens (including phenoxy) is 1. The summed E-state index contributed by atoms with van der Waals surface area (Å²) < 4.78 is 5.20. The van der Waals surface area contributed by atoms with Gasteiger partial charge in [0.05, 0.1) is 0 Å². The van der Waals surface area contributed by atoms with Crippen molar-refractivity contribution in [2.75, 3.05) is 6.54 Å². The average molecular weight is 267 g/mol. The lowest BCUT2D eigenvalue weighted by molar-refractivity contribution is 0.0513. The SMILES string of the molecule is CC(C)(CNC(=O)OC(C)(C)C)NCc1cc[nH]c1. The van der Waals surface area contributed by atoms with E-state index in [0.29, 0.717) is 6.54 Å². The molecule has 5 nitrogen and oxygen atoms in total. The first kappa shape index (κ1) is 15.6. The molecule has 0 bridgehead atoms. The summed E-state index contributed by atoms with van der Waals surface area (Å²) in [7, 11) is 0. The highest BCUT2D eigenvalue weighted by molar-refractivity contribution is 5.67. The number of nitrogens with one attached hydrogen (secondary N) is 3. The molecule has 0 saturated carbocycles. The van der Waals surface area contributed by atoms with Gasteiger partial charge in [0.15, 0.2) is 0 Å². The quantitative estimate of drug-likeness (QED) is 0.767. The van der Waals surface area contributed by atoms with Gasteiger partial charge in [-0.25, -0.2) is 4.79 Å². The minimum atomic E-state index is -0.465. The van der Waals surface area contributed by atoms with Crippen LogP contribution in [0.25, 0.3) is 0 Å². The molecule has 1 rings (SSSR count). The summed E-state index contributed by atoms with van der Waals surface area (Å²) in [4.78, 5) is 14.6. The van der Waals surface area contributed by atoms with Crippen molar-refractivity contribution in [1.29, 1.82) is 0 Å². The van der Waals surface area contributed by atoms with Gasteiger partial charge in [-0.05, 0) is 46.2 Å². The van der Waals surface area contributed by atoms with Gasteiger partial charge in [0, 0.05) is 31.0 Å². The van der Waals surface area contributed by atoms with E-state index in [1.807, 2.05) is 53.1 Å². The fraction of sp³-hybridized carbons (Fsp3) is 0.643. The molecule has 0 aliphatic rings. The van der Waals surface area contributed by atoms with Crippen LogP contribution in [0.15, 0.2) is 18.5 Å². The molecule has 0 aromatic carbocycles. The van der Waals surface area contributed by atoms with Crippen molar-refractivity contribution in [3.8, 4) is 0 Å². The van der Waals surface area contributed by atoms with Gasteiger partial charge in [-0.3, -0.25) is 0 Å². The van der Waals surface area contributed by atoms with Crippen LogP contribution in [0.4, 0.5) is 4.79 Å². The van der Waals surface area contributed by atoms with E-state index in [-0.39, 0.29) is 11.6 Å². The van der Waals surface area contributed by atoms with Crippen molar-refractivity contribution in [2.24, 2.45) is 0 Å². The maximum absolute atomic E-state index is 11.6. The standard InChI is InChI=1S/C14H25N3O2/c1-13(2,3)19-12(18)16-10-14(4,5)17-9-11-6-7-15-8-11/h6-8,15,17H,9-10H2,1-5H3,(H,16,18). The number of carbonyl (C=O) groups is 1. The van der Waals surface area contributed by atoms with Gasteiger partial charge in [0.1, 0.15) is 5.60 Å². The molecule has 0 aliphatic carbocycles. The lowest BCUT2D eigenvalue weighted by atomic mass is 10.1. The Bertz CT molecular complexity index is 391. The molecule has 19 heavy (non-hydrogen) atoms. The maximum Gasteiger partial charge on any atom is 0.407 e. The maximum atomic E-state index is 11.6. The van der Waals surface area contributed by atoms with E-state index in [4.69, 9.17) is 4.74 Å². The third kappa shape index (κ3) is 6.86. The number of aromatic amines is 1. The van der Waals surface area contributed by atoms with Crippen molar-refractivity contribution >= 4 is 6.09 Å². The third-order valence-electron chi connectivity index (χ3n) is 2.51. The Morgan fingerprint density at radius 1 is 1.32 bits per heavy atom. The zero-order chi connectivity index (χ0) is 14.5. The van der Waals surface area contributed by atoms with Crippen LogP contribution in [0, 0.1) is 0 Å². The molecule has 0 atom stereocenters. The van der Waals surface area contributed by atoms with Crippen LogP contribution in [-0.4, -0.2) is 28.8 Å². The lowest BCUT2D eigenvalue weighted by Gasteiger charge is -2.27. The summed E-state index contributed by atoms with van der Waals surface area (Å²) in [5.74, 6) is 0. The van der Waals surface area contributed by atoms with E-state index in [1.165, 1.54) is 5.56 Å². The summed E-state index contributed by atoms with van der Waals surface area (Å²) in [6.45, 7) is 10.9. The summed E-state index contributed by atoms with van der Waals surface area (Å²) in [6, 6.07) is 2.02. The molecule has 0 spiro atoms. The van der Waals surface area contributed by atoms with Crippen LogP contribution < -0.4 is 10.6 Å². The normalized spacial score (nSPS) is 12.3. The molecule has 3 N–H and O–H groups in total. The summed E-state index contributed by atoms with van der Waals surface area (Å²) in [6.07, 6.45) is 3.46. The Hall–Kier alpha value is -1.49. The van der Waals surface area contributed by atoms with Crippen LogP contribution in [0.1, 0.15) is 40.2 Å². The van der Waals surface area contributed by atoms with Gasteiger partial charge in [0.25, 0.3) is 0 Å². The number of rotatable bonds is 5. The summed E-state index contributed by atoms with van der Waals surface area (Å²) in [5.41, 5.74) is 0.520. The van der Waals surface area contributed by atoms with E-state index < -0.39 is 5.60 Å². The minimum absolute atomic E-state index is 0.200. The Balaban J connectivity index is 2.32. The molecule has 108 valence electrons. The summed E-state index contributed by atoms with van der Waals surface area (Å²) in [5, 5.41) is 6.17. The van der Waals surface area contributed by atoms with Gasteiger partial charge in [-0.1, -0.05) is 0 Å². The second kappa shape index (κ2) is 6.10. The molecular weight excluding hydrogens is 242 g/mol. The molecule has 0 aliphatic heterocycles. The molecule has 1 amide bonds. The number of amides is 1. The number of hydrogen-bond acceptors (Lipinski definition) is 3. The monoisotopic (exact) mass is 267 g/mol. The smallest absolute Gasteiger partial charge is 0.407 e. The highest BCUT2D eigenvalue weighted by atomic mass is 16.6. The first-order valence-corrected chi connectivity index (χ1v) is 6.51. The van der Waals surface area contributed by atoms with Gasteiger partial charge in [0.2, 0.25) is 0 Å². The highest BCUT2D eigenvalue weighted by Gasteiger charge is 2.21. The van der Waals surface area contributed by atoms with Gasteiger partial charge >= 0.3 is 6.09 Å². The number of alkyl carbamates (subject to hydrolysis) is 1. The van der Waals surface area contributed by atoms with E-state index >= 15 is 0 Å². The summed E-state index contributed by atoms with van der Waals surface area (Å²) >= 11 is 0. The van der Waals surface area contributed by atoms with Crippen LogP contribution in [0.5, 0.6) is 0 Å². The highest BCUT2D eigenvalue weighted by Crippen LogP contribution is 2.08. The first-order chi connectivity index (χ1) is 8.68. The van der Waals surface area contributed by atoms with Gasteiger partial charge < -0.3 is 20.4 Å². The Labute approximate surface area is 115 Å². The number of hydrogen-bond donors (Lipinski definition) is 3. The van der Waals surface area contributed by atoms with Crippen LogP contribution >= 0.6 is 0 Å². The first-order valence-electron chi connectivity index (χ1n) is 6.51. The van der Waals surface area contributed by atoms with Gasteiger partial charge in [-0.2, -0.15) is 0 Å². The zero-order valence-corrected chi connectivity index (χ0v) is 12.5. The molecule has 0 unspecified atom stereocenters. The molecule has 0 saturated heterocycles. The van der Waals surface area contributed by atoms with Gasteiger partial charge in [-0.15, -0.1) is 0 Å². The molecule has 1 aromatic heterocycles. The predicted octanol–water partition coefficient (Wildman–Crippen LogP) is 2.41. The number of carbonyl (C=O) groups excluding carboxylic acids is 1. The van der Waals surface area contributed by atoms with E-state index in [1.54, 1.807) is 0 Å². The second-order valence-corrected chi connectivity index (χ2v) is 6.31. The molecule has 5 heteroatoms. The van der Waals surface area contributed by atoms with Crippen LogP contribution in [0.3, 0.4) is 0 Å². The predicted molar refractivity (Wildman–Crippen MR) is 75.9 cm³/mol. The van der Waals surface area contributed by atoms with E-state index in [0.717, 1.165) is 6.54 Å².